The normalized spacial score (nSPS) is 30.1. The molecule has 3 saturated carbocycles. The van der Waals surface area contributed by atoms with Crippen LogP contribution in [0.5, 0.6) is 0 Å². The fourth-order valence-corrected chi connectivity index (χ4v) is 7.79. The van der Waals surface area contributed by atoms with Crippen LogP contribution < -0.4 is 5.32 Å². The van der Waals surface area contributed by atoms with Crippen molar-refractivity contribution in [2.45, 2.75) is 63.2 Å². The van der Waals surface area contributed by atoms with E-state index < -0.39 is 17.7 Å². The summed E-state index contributed by atoms with van der Waals surface area (Å²) in [5.74, 6) is 0.457. The molecule has 4 fully saturated rings. The van der Waals surface area contributed by atoms with Gasteiger partial charge in [0.15, 0.2) is 0 Å². The predicted octanol–water partition coefficient (Wildman–Crippen LogP) is 6.04. The molecule has 1 unspecified atom stereocenters. The Balaban J connectivity index is 1.28. The van der Waals surface area contributed by atoms with Crippen molar-refractivity contribution in [1.82, 2.24) is 14.8 Å². The zero-order valence-corrected chi connectivity index (χ0v) is 21.3. The van der Waals surface area contributed by atoms with Gasteiger partial charge in [-0.3, -0.25) is 9.80 Å². The highest BCUT2D eigenvalue weighted by Gasteiger charge is 2.49. The molecule has 1 saturated heterocycles. The van der Waals surface area contributed by atoms with Crippen molar-refractivity contribution in [2.24, 2.45) is 11.8 Å². The van der Waals surface area contributed by atoms with Gasteiger partial charge in [-0.1, -0.05) is 18.2 Å². The second-order valence-electron chi connectivity index (χ2n) is 11.9. The summed E-state index contributed by atoms with van der Waals surface area (Å²) in [7, 11) is 0. The van der Waals surface area contributed by atoms with Crippen molar-refractivity contribution in [3.63, 3.8) is 0 Å². The maximum absolute atomic E-state index is 16.0. The fourth-order valence-electron chi connectivity index (χ4n) is 7.79. The van der Waals surface area contributed by atoms with Crippen LogP contribution in [0.1, 0.15) is 55.5 Å². The van der Waals surface area contributed by atoms with E-state index in [-0.39, 0.29) is 24.3 Å². The SMILES string of the molecule is C[C@@H]1Cc2c([nH]c3ccccc23)[C@@H](c2c(F)cc(NC3CN(CCF)C3)cc2F)N1C1CCC2CC1C2. The largest absolute Gasteiger partial charge is 0.380 e. The Morgan fingerprint density at radius 1 is 1.05 bits per heavy atom. The Labute approximate surface area is 216 Å². The minimum atomic E-state index is -0.501. The lowest BCUT2D eigenvalue weighted by Gasteiger charge is -2.55. The Kier molecular flexibility index (Phi) is 5.77. The zero-order chi connectivity index (χ0) is 25.3. The van der Waals surface area contributed by atoms with Gasteiger partial charge in [-0.05, 0) is 74.6 Å². The molecule has 4 nitrogen and oxygen atoms in total. The molecule has 5 aliphatic rings. The quantitative estimate of drug-likeness (QED) is 0.426. The van der Waals surface area contributed by atoms with Crippen molar-refractivity contribution in [1.29, 1.82) is 0 Å². The van der Waals surface area contributed by atoms with E-state index in [1.54, 1.807) is 0 Å². The molecule has 3 aromatic rings. The summed E-state index contributed by atoms with van der Waals surface area (Å²) in [6.07, 6.45) is 5.68. The smallest absolute Gasteiger partial charge is 0.133 e. The molecule has 0 amide bonds. The molecule has 7 heteroatoms. The number of halogens is 3. The molecule has 2 N–H and O–H groups in total. The first-order valence-electron chi connectivity index (χ1n) is 13.9. The van der Waals surface area contributed by atoms with Crippen LogP contribution in [0.25, 0.3) is 10.9 Å². The summed E-state index contributed by atoms with van der Waals surface area (Å²) >= 11 is 0. The molecule has 1 aromatic heterocycles. The average molecular weight is 509 g/mol. The van der Waals surface area contributed by atoms with Crippen molar-refractivity contribution in [3.8, 4) is 0 Å². The van der Waals surface area contributed by atoms with Gasteiger partial charge in [0.05, 0.1) is 12.1 Å². The third-order valence-corrected chi connectivity index (χ3v) is 9.58. The molecule has 37 heavy (non-hydrogen) atoms. The second kappa shape index (κ2) is 9.05. The summed E-state index contributed by atoms with van der Waals surface area (Å²) in [4.78, 5) is 8.04. The molecule has 2 aliphatic heterocycles. The molecule has 196 valence electrons. The number of nitrogens with one attached hydrogen (secondary N) is 2. The number of fused-ring (bicyclic) bond motifs is 5. The van der Waals surface area contributed by atoms with Gasteiger partial charge in [0.1, 0.15) is 18.3 Å². The van der Waals surface area contributed by atoms with E-state index in [0.29, 0.717) is 37.3 Å². The monoisotopic (exact) mass is 508 g/mol. The lowest BCUT2D eigenvalue weighted by molar-refractivity contribution is -0.0368. The molecule has 2 aromatic carbocycles. The number of rotatable bonds is 6. The predicted molar refractivity (Wildman–Crippen MR) is 141 cm³/mol. The van der Waals surface area contributed by atoms with Crippen LogP contribution in [-0.4, -0.2) is 59.2 Å². The van der Waals surface area contributed by atoms with E-state index in [2.05, 4.69) is 34.3 Å². The van der Waals surface area contributed by atoms with E-state index in [0.717, 1.165) is 35.4 Å². The Bertz CT molecular complexity index is 1280. The minimum absolute atomic E-state index is 0.0801. The van der Waals surface area contributed by atoms with Crippen LogP contribution in [0.4, 0.5) is 18.9 Å². The molecule has 3 atom stereocenters. The van der Waals surface area contributed by atoms with Gasteiger partial charge in [-0.15, -0.1) is 0 Å². The van der Waals surface area contributed by atoms with Gasteiger partial charge >= 0.3 is 0 Å². The number of aromatic amines is 1. The van der Waals surface area contributed by atoms with Crippen LogP contribution in [0, 0.1) is 23.5 Å². The molecule has 0 radical (unpaired) electrons. The third-order valence-electron chi connectivity index (χ3n) is 9.58. The summed E-state index contributed by atoms with van der Waals surface area (Å²) in [5.41, 5.74) is 3.77. The van der Waals surface area contributed by atoms with Gasteiger partial charge < -0.3 is 10.3 Å². The topological polar surface area (TPSA) is 34.3 Å². The van der Waals surface area contributed by atoms with Gasteiger partial charge in [0, 0.05) is 59.6 Å². The maximum Gasteiger partial charge on any atom is 0.133 e. The van der Waals surface area contributed by atoms with Gasteiger partial charge in [-0.25, -0.2) is 13.2 Å². The van der Waals surface area contributed by atoms with Crippen molar-refractivity contribution < 1.29 is 13.2 Å². The van der Waals surface area contributed by atoms with Gasteiger partial charge in [0.25, 0.3) is 0 Å². The molecule has 8 rings (SSSR count). The van der Waals surface area contributed by atoms with Gasteiger partial charge in [0.2, 0.25) is 0 Å². The second-order valence-corrected chi connectivity index (χ2v) is 11.9. The Hall–Kier alpha value is -2.51. The number of anilines is 1. The molecule has 0 spiro atoms. The number of hydrogen-bond acceptors (Lipinski definition) is 3. The van der Waals surface area contributed by atoms with E-state index in [1.165, 1.54) is 37.0 Å². The van der Waals surface area contributed by atoms with Crippen LogP contribution >= 0.6 is 0 Å². The summed E-state index contributed by atoms with van der Waals surface area (Å²) in [5, 5.41) is 4.41. The zero-order valence-electron chi connectivity index (χ0n) is 21.3. The lowest BCUT2D eigenvalue weighted by Crippen LogP contribution is -2.56. The van der Waals surface area contributed by atoms with Crippen molar-refractivity contribution in [3.05, 3.63) is 64.9 Å². The number of para-hydroxylation sites is 1. The number of nitrogens with zero attached hydrogens (tertiary/aromatic N) is 2. The first kappa shape index (κ1) is 23.6. The van der Waals surface area contributed by atoms with Crippen LogP contribution in [-0.2, 0) is 6.42 Å². The first-order chi connectivity index (χ1) is 18.0. The number of hydrogen-bond donors (Lipinski definition) is 2. The lowest BCUT2D eigenvalue weighted by atomic mass is 9.61. The first-order valence-corrected chi connectivity index (χ1v) is 13.9. The van der Waals surface area contributed by atoms with Gasteiger partial charge in [-0.2, -0.15) is 0 Å². The van der Waals surface area contributed by atoms with Crippen molar-refractivity contribution in [2.75, 3.05) is 31.6 Å². The molecular weight excluding hydrogens is 473 g/mol. The maximum atomic E-state index is 16.0. The Morgan fingerprint density at radius 2 is 1.81 bits per heavy atom. The van der Waals surface area contributed by atoms with Crippen molar-refractivity contribution >= 4 is 16.6 Å². The standard InChI is InChI=1S/C30H35F3N4/c1-17-10-23-22-4-2-3-5-26(22)35-29(23)30(37(17)27-7-6-18-11-19(27)12-18)28-24(32)13-20(14-25(28)33)34-21-15-36(16-21)9-8-31/h2-5,13-14,17-19,21,27,30,34-35H,6-12,15-16H2,1H3/t17-,18?,19?,27?,30-/m1/s1. The molecule has 3 aliphatic carbocycles. The highest BCUT2D eigenvalue weighted by atomic mass is 19.1. The molecule has 3 heterocycles. The summed E-state index contributed by atoms with van der Waals surface area (Å²) < 4.78 is 44.6. The van der Waals surface area contributed by atoms with Crippen LogP contribution in [0.15, 0.2) is 36.4 Å². The third kappa shape index (κ3) is 3.88. The van der Waals surface area contributed by atoms with Crippen LogP contribution in [0.3, 0.4) is 0 Å². The number of likely N-dealkylation sites (tertiary alicyclic amines) is 1. The van der Waals surface area contributed by atoms with E-state index in [1.807, 2.05) is 17.0 Å². The average Bonchev–Trinajstić information content (AvgIpc) is 3.20. The Morgan fingerprint density at radius 3 is 2.51 bits per heavy atom. The fraction of sp³-hybridized carbons (Fsp3) is 0.533. The summed E-state index contributed by atoms with van der Waals surface area (Å²) in [6.45, 7) is 3.63. The summed E-state index contributed by atoms with van der Waals surface area (Å²) in [6, 6.07) is 11.3. The van der Waals surface area contributed by atoms with E-state index in [4.69, 9.17) is 0 Å². The highest BCUT2D eigenvalue weighted by molar-refractivity contribution is 5.85. The van der Waals surface area contributed by atoms with Crippen LogP contribution in [0.2, 0.25) is 0 Å². The minimum Gasteiger partial charge on any atom is -0.380 e. The number of alkyl halides is 1. The highest BCUT2D eigenvalue weighted by Crippen LogP contribution is 2.52. The van der Waals surface area contributed by atoms with E-state index in [9.17, 15) is 4.39 Å². The number of H-pyrrole nitrogens is 1. The number of aromatic nitrogens is 1. The van der Waals surface area contributed by atoms with E-state index >= 15 is 8.78 Å². The number of benzene rings is 2. The molecular formula is C30H35F3N4. The molecule has 2 bridgehead atoms.